The van der Waals surface area contributed by atoms with Crippen LogP contribution in [0.3, 0.4) is 0 Å². The highest BCUT2D eigenvalue weighted by Crippen LogP contribution is 2.34. The Morgan fingerprint density at radius 3 is 2.44 bits per heavy atom. The van der Waals surface area contributed by atoms with Crippen LogP contribution in [-0.2, 0) is 25.5 Å². The Hall–Kier alpha value is -2.76. The molecule has 10 nitrogen and oxygen atoms in total. The number of nitrogens with zero attached hydrogens (tertiary/aromatic N) is 2. The second kappa shape index (κ2) is 11.7. The van der Waals surface area contributed by atoms with E-state index < -0.39 is 11.9 Å². The second-order valence-electron chi connectivity index (χ2n) is 7.13. The number of likely N-dealkylation sites (N-methyl/N-ethyl adjacent to an activating group) is 1. The van der Waals surface area contributed by atoms with E-state index >= 15 is 0 Å². The molecule has 0 fully saturated rings. The van der Waals surface area contributed by atoms with E-state index in [1.54, 1.807) is 25.8 Å². The van der Waals surface area contributed by atoms with Gasteiger partial charge in [0.1, 0.15) is 22.2 Å². The lowest BCUT2D eigenvalue weighted by molar-refractivity contribution is -0.117. The first-order valence-corrected chi connectivity index (χ1v) is 10.9. The number of anilines is 1. The number of ether oxygens (including phenoxy) is 3. The van der Waals surface area contributed by atoms with E-state index in [1.165, 1.54) is 7.11 Å². The van der Waals surface area contributed by atoms with E-state index in [0.29, 0.717) is 17.9 Å². The first kappa shape index (κ1) is 25.5. The summed E-state index contributed by atoms with van der Waals surface area (Å²) >= 11 is 0.980. The fraction of sp³-hybridized carbons (Fsp3) is 0.524. The van der Waals surface area contributed by atoms with Crippen molar-refractivity contribution in [3.8, 4) is 0 Å². The molecule has 0 aromatic carbocycles. The molecule has 32 heavy (non-hydrogen) atoms. The number of aryl methyl sites for hydroxylation is 2. The maximum atomic E-state index is 12.7. The molecule has 0 bridgehead atoms. The molecule has 11 heteroatoms. The zero-order valence-corrected chi connectivity index (χ0v) is 20.0. The first-order valence-electron chi connectivity index (χ1n) is 10.1. The maximum Gasteiger partial charge on any atom is 0.348 e. The average molecular weight is 468 g/mol. The Morgan fingerprint density at radius 1 is 1.12 bits per heavy atom. The van der Waals surface area contributed by atoms with Gasteiger partial charge in [-0.25, -0.2) is 9.59 Å². The molecule has 0 unspecified atom stereocenters. The molecular weight excluding hydrogens is 438 g/mol. The van der Waals surface area contributed by atoms with Crippen LogP contribution in [0.15, 0.2) is 4.52 Å². The van der Waals surface area contributed by atoms with Crippen LogP contribution in [0.5, 0.6) is 0 Å². The van der Waals surface area contributed by atoms with E-state index in [2.05, 4.69) is 10.5 Å². The van der Waals surface area contributed by atoms with Crippen molar-refractivity contribution in [1.82, 2.24) is 10.1 Å². The van der Waals surface area contributed by atoms with Crippen molar-refractivity contribution in [2.45, 2.75) is 34.2 Å². The minimum atomic E-state index is -0.614. The van der Waals surface area contributed by atoms with Crippen LogP contribution in [-0.4, -0.2) is 68.4 Å². The second-order valence-corrected chi connectivity index (χ2v) is 8.15. The van der Waals surface area contributed by atoms with Crippen molar-refractivity contribution in [2.24, 2.45) is 0 Å². The van der Waals surface area contributed by atoms with Gasteiger partial charge in [0.05, 0.1) is 31.0 Å². The largest absolute Gasteiger partial charge is 0.462 e. The van der Waals surface area contributed by atoms with Crippen molar-refractivity contribution in [2.75, 3.05) is 45.8 Å². The van der Waals surface area contributed by atoms with Crippen LogP contribution in [0, 0.1) is 20.8 Å². The van der Waals surface area contributed by atoms with Gasteiger partial charge in [0.2, 0.25) is 5.91 Å². The van der Waals surface area contributed by atoms with Gasteiger partial charge in [-0.05, 0) is 40.3 Å². The summed E-state index contributed by atoms with van der Waals surface area (Å²) in [5.74, 6) is -0.849. The Bertz CT molecular complexity index is 947. The fourth-order valence-corrected chi connectivity index (χ4v) is 4.10. The number of carbonyl (C=O) groups excluding carboxylic acids is 3. The third kappa shape index (κ3) is 6.38. The van der Waals surface area contributed by atoms with Crippen molar-refractivity contribution in [3.05, 3.63) is 33.0 Å². The predicted octanol–water partition coefficient (Wildman–Crippen LogP) is 2.71. The Kier molecular flexibility index (Phi) is 9.36. The van der Waals surface area contributed by atoms with Crippen LogP contribution in [0.1, 0.15) is 49.5 Å². The van der Waals surface area contributed by atoms with Gasteiger partial charge in [-0.2, -0.15) is 0 Å². The molecule has 0 atom stereocenters. The van der Waals surface area contributed by atoms with Gasteiger partial charge in [-0.3, -0.25) is 9.69 Å². The van der Waals surface area contributed by atoms with Crippen molar-refractivity contribution >= 4 is 34.2 Å². The summed E-state index contributed by atoms with van der Waals surface area (Å²) in [4.78, 5) is 39.7. The summed E-state index contributed by atoms with van der Waals surface area (Å²) in [6.45, 7) is 7.98. The number of hydrogen-bond acceptors (Lipinski definition) is 10. The zero-order chi connectivity index (χ0) is 23.8. The quantitative estimate of drug-likeness (QED) is 0.393. The molecule has 0 saturated heterocycles. The normalized spacial score (nSPS) is 11.0. The highest BCUT2D eigenvalue weighted by atomic mass is 32.1. The van der Waals surface area contributed by atoms with E-state index in [1.807, 2.05) is 13.8 Å². The van der Waals surface area contributed by atoms with Crippen molar-refractivity contribution < 1.29 is 33.1 Å². The molecule has 0 spiro atoms. The molecule has 2 heterocycles. The zero-order valence-electron chi connectivity index (χ0n) is 19.2. The van der Waals surface area contributed by atoms with Gasteiger partial charge in [0, 0.05) is 19.2 Å². The van der Waals surface area contributed by atoms with Crippen LogP contribution in [0.2, 0.25) is 0 Å². The van der Waals surface area contributed by atoms with Crippen LogP contribution >= 0.6 is 11.3 Å². The smallest absolute Gasteiger partial charge is 0.348 e. The predicted molar refractivity (Wildman–Crippen MR) is 118 cm³/mol. The Morgan fingerprint density at radius 2 is 1.84 bits per heavy atom. The van der Waals surface area contributed by atoms with Crippen LogP contribution < -0.4 is 5.32 Å². The standard InChI is InChI=1S/C21H29N3O7S/c1-7-29-20(26)17-12(2)18(21(27)30-9-8-28-6)32-19(17)22-16(25)11-24(5)10-15-13(3)23-31-14(15)4/h7-11H2,1-6H3,(H,22,25). The molecule has 0 saturated carbocycles. The van der Waals surface area contributed by atoms with Crippen LogP contribution in [0.4, 0.5) is 5.00 Å². The minimum absolute atomic E-state index is 0.0525. The monoisotopic (exact) mass is 467 g/mol. The summed E-state index contributed by atoms with van der Waals surface area (Å²) in [7, 11) is 3.29. The van der Waals surface area contributed by atoms with Gasteiger partial charge in [0.15, 0.2) is 0 Å². The topological polar surface area (TPSA) is 120 Å². The highest BCUT2D eigenvalue weighted by molar-refractivity contribution is 7.18. The number of esters is 2. The number of methoxy groups -OCH3 is 1. The number of thiophene rings is 1. The molecule has 0 aliphatic rings. The lowest BCUT2D eigenvalue weighted by Gasteiger charge is -2.16. The highest BCUT2D eigenvalue weighted by Gasteiger charge is 2.27. The fourth-order valence-electron chi connectivity index (χ4n) is 2.99. The Balaban J connectivity index is 2.17. The number of aromatic nitrogens is 1. The average Bonchev–Trinajstić information content (AvgIpc) is 3.21. The number of carbonyl (C=O) groups is 3. The summed E-state index contributed by atoms with van der Waals surface area (Å²) in [6.07, 6.45) is 0. The summed E-state index contributed by atoms with van der Waals surface area (Å²) in [5, 5.41) is 6.90. The van der Waals surface area contributed by atoms with Gasteiger partial charge >= 0.3 is 11.9 Å². The summed E-state index contributed by atoms with van der Waals surface area (Å²) in [6, 6.07) is 0. The number of hydrogen-bond donors (Lipinski definition) is 1. The number of rotatable bonds is 11. The molecule has 1 amide bonds. The molecule has 2 aromatic heterocycles. The van der Waals surface area contributed by atoms with Crippen LogP contribution in [0.25, 0.3) is 0 Å². The molecule has 1 N–H and O–H groups in total. The lowest BCUT2D eigenvalue weighted by Crippen LogP contribution is -2.30. The molecule has 0 aliphatic carbocycles. The molecule has 2 aromatic rings. The SMILES string of the molecule is CCOC(=O)c1c(NC(=O)CN(C)Cc2c(C)noc2C)sc(C(=O)OCCOC)c1C. The molecule has 0 aliphatic heterocycles. The van der Waals surface area contributed by atoms with Crippen molar-refractivity contribution in [3.63, 3.8) is 0 Å². The van der Waals surface area contributed by atoms with Gasteiger partial charge < -0.3 is 24.1 Å². The van der Waals surface area contributed by atoms with Gasteiger partial charge in [-0.15, -0.1) is 11.3 Å². The van der Waals surface area contributed by atoms with Gasteiger partial charge in [0.25, 0.3) is 0 Å². The van der Waals surface area contributed by atoms with Gasteiger partial charge in [-0.1, -0.05) is 5.16 Å². The maximum absolute atomic E-state index is 12.7. The summed E-state index contributed by atoms with van der Waals surface area (Å²) < 4.78 is 20.3. The summed E-state index contributed by atoms with van der Waals surface area (Å²) in [5.41, 5.74) is 2.23. The molecule has 0 radical (unpaired) electrons. The van der Waals surface area contributed by atoms with E-state index in [9.17, 15) is 14.4 Å². The molecular formula is C21H29N3O7S. The number of amides is 1. The minimum Gasteiger partial charge on any atom is -0.462 e. The third-order valence-corrected chi connectivity index (χ3v) is 5.80. The lowest BCUT2D eigenvalue weighted by atomic mass is 10.1. The van der Waals surface area contributed by atoms with E-state index in [4.69, 9.17) is 18.7 Å². The van der Waals surface area contributed by atoms with Crippen molar-refractivity contribution in [1.29, 1.82) is 0 Å². The number of nitrogens with one attached hydrogen (secondary N) is 1. The Labute approximate surface area is 190 Å². The van der Waals surface area contributed by atoms with E-state index in [-0.39, 0.29) is 47.7 Å². The molecule has 176 valence electrons. The molecule has 2 rings (SSSR count). The van der Waals surface area contributed by atoms with E-state index in [0.717, 1.165) is 22.6 Å². The third-order valence-electron chi connectivity index (χ3n) is 4.61. The first-order chi connectivity index (χ1) is 15.2.